The molecule has 1 aliphatic rings. The molecule has 0 amide bonds. The summed E-state index contributed by atoms with van der Waals surface area (Å²) in [5, 5.41) is 16.0. The molecule has 0 saturated carbocycles. The average molecular weight is 441 g/mol. The van der Waals surface area contributed by atoms with Crippen LogP contribution in [0.5, 0.6) is 0 Å². The number of unbranched alkanes of at least 4 members (excludes halogenated alkanes) is 1. The molecule has 0 aromatic heterocycles. The second-order valence-corrected chi connectivity index (χ2v) is 7.65. The molecule has 1 aliphatic heterocycles. The predicted octanol–water partition coefficient (Wildman–Crippen LogP) is 2.77. The number of hydrogen-bond acceptors (Lipinski definition) is 3. The molecule has 0 aromatic carbocycles. The van der Waals surface area contributed by atoms with Gasteiger partial charge in [-0.15, -0.1) is 24.0 Å². The standard InChI is InChI=1S/C17H35N3O2.HI/c1-16(2,3)7-5-6-10-19-15(18-4)20-13-17(8-11-21)9-12-22-14-17;/h21H,5-14H2,1-4H3,(H2,18,19,20);1H. The van der Waals surface area contributed by atoms with Crippen LogP contribution < -0.4 is 10.6 Å². The van der Waals surface area contributed by atoms with Gasteiger partial charge in [0.2, 0.25) is 0 Å². The summed E-state index contributed by atoms with van der Waals surface area (Å²) in [7, 11) is 1.80. The number of ether oxygens (including phenoxy) is 1. The normalized spacial score (nSPS) is 21.9. The van der Waals surface area contributed by atoms with Gasteiger partial charge in [0.1, 0.15) is 0 Å². The third-order valence-electron chi connectivity index (χ3n) is 4.33. The predicted molar refractivity (Wildman–Crippen MR) is 108 cm³/mol. The fourth-order valence-electron chi connectivity index (χ4n) is 2.79. The van der Waals surface area contributed by atoms with Gasteiger partial charge in [0.25, 0.3) is 0 Å². The quantitative estimate of drug-likeness (QED) is 0.235. The molecule has 0 aromatic rings. The minimum Gasteiger partial charge on any atom is -0.396 e. The summed E-state index contributed by atoms with van der Waals surface area (Å²) < 4.78 is 5.51. The van der Waals surface area contributed by atoms with Crippen molar-refractivity contribution in [2.75, 3.05) is 40.0 Å². The minimum absolute atomic E-state index is 0. The Morgan fingerprint density at radius 2 is 2.00 bits per heavy atom. The van der Waals surface area contributed by atoms with Crippen molar-refractivity contribution in [2.45, 2.75) is 52.9 Å². The summed E-state index contributed by atoms with van der Waals surface area (Å²) in [6.45, 7) is 10.3. The van der Waals surface area contributed by atoms with Crippen LogP contribution in [0.4, 0.5) is 0 Å². The van der Waals surface area contributed by atoms with Crippen molar-refractivity contribution < 1.29 is 9.84 Å². The van der Waals surface area contributed by atoms with Crippen molar-refractivity contribution in [1.82, 2.24) is 10.6 Å². The molecule has 1 rings (SSSR count). The van der Waals surface area contributed by atoms with E-state index in [0.29, 0.717) is 5.41 Å². The SMILES string of the molecule is CN=C(NCCCCC(C)(C)C)NCC1(CCO)CCOC1.I. The molecule has 1 unspecified atom stereocenters. The van der Waals surface area contributed by atoms with Gasteiger partial charge in [0.05, 0.1) is 6.61 Å². The first kappa shape index (κ1) is 22.9. The third-order valence-corrected chi connectivity index (χ3v) is 4.33. The van der Waals surface area contributed by atoms with Gasteiger partial charge in [0, 0.05) is 38.8 Å². The number of guanidine groups is 1. The molecule has 0 aliphatic carbocycles. The second-order valence-electron chi connectivity index (χ2n) is 7.65. The van der Waals surface area contributed by atoms with Gasteiger partial charge in [0.15, 0.2) is 5.96 Å². The number of hydrogen-bond donors (Lipinski definition) is 3. The zero-order valence-corrected chi connectivity index (χ0v) is 17.6. The van der Waals surface area contributed by atoms with Gasteiger partial charge in [-0.05, 0) is 31.1 Å². The number of nitrogens with zero attached hydrogens (tertiary/aromatic N) is 1. The van der Waals surface area contributed by atoms with E-state index in [1.165, 1.54) is 12.8 Å². The van der Waals surface area contributed by atoms with E-state index < -0.39 is 0 Å². The lowest BCUT2D eigenvalue weighted by atomic mass is 9.84. The maximum atomic E-state index is 9.25. The summed E-state index contributed by atoms with van der Waals surface area (Å²) in [4.78, 5) is 4.28. The zero-order chi connectivity index (χ0) is 16.5. The molecule has 138 valence electrons. The van der Waals surface area contributed by atoms with E-state index in [9.17, 15) is 5.11 Å². The Labute approximate surface area is 159 Å². The number of aliphatic hydroxyl groups is 1. The lowest BCUT2D eigenvalue weighted by Crippen LogP contribution is -2.44. The molecule has 1 heterocycles. The highest BCUT2D eigenvalue weighted by Crippen LogP contribution is 2.31. The molecule has 1 fully saturated rings. The Bertz CT molecular complexity index is 337. The van der Waals surface area contributed by atoms with E-state index in [2.05, 4.69) is 36.4 Å². The van der Waals surface area contributed by atoms with Crippen LogP contribution in [0.1, 0.15) is 52.9 Å². The molecule has 0 bridgehead atoms. The number of halogens is 1. The van der Waals surface area contributed by atoms with Gasteiger partial charge in [-0.3, -0.25) is 4.99 Å². The summed E-state index contributed by atoms with van der Waals surface area (Å²) in [6, 6.07) is 0. The molecule has 5 nitrogen and oxygen atoms in total. The lowest BCUT2D eigenvalue weighted by molar-refractivity contribution is 0.127. The minimum atomic E-state index is 0. The molecule has 0 spiro atoms. The highest BCUT2D eigenvalue weighted by molar-refractivity contribution is 14.0. The molecule has 0 radical (unpaired) electrons. The Kier molecular flexibility index (Phi) is 11.4. The van der Waals surface area contributed by atoms with Crippen molar-refractivity contribution in [3.63, 3.8) is 0 Å². The fraction of sp³-hybridized carbons (Fsp3) is 0.941. The van der Waals surface area contributed by atoms with Gasteiger partial charge >= 0.3 is 0 Å². The van der Waals surface area contributed by atoms with E-state index in [1.54, 1.807) is 7.05 Å². The largest absolute Gasteiger partial charge is 0.396 e. The molecule has 3 N–H and O–H groups in total. The summed E-state index contributed by atoms with van der Waals surface area (Å²) >= 11 is 0. The van der Waals surface area contributed by atoms with Crippen LogP contribution >= 0.6 is 24.0 Å². The van der Waals surface area contributed by atoms with Crippen LogP contribution in [0.25, 0.3) is 0 Å². The molecular formula is C17H36IN3O2. The van der Waals surface area contributed by atoms with Crippen molar-refractivity contribution in [1.29, 1.82) is 0 Å². The number of rotatable bonds is 8. The van der Waals surface area contributed by atoms with Crippen LogP contribution in [0.2, 0.25) is 0 Å². The smallest absolute Gasteiger partial charge is 0.190 e. The van der Waals surface area contributed by atoms with Crippen LogP contribution in [0.3, 0.4) is 0 Å². The Balaban J connectivity index is 0.00000484. The fourth-order valence-corrected chi connectivity index (χ4v) is 2.79. The van der Waals surface area contributed by atoms with Gasteiger partial charge in [-0.1, -0.05) is 27.2 Å². The maximum absolute atomic E-state index is 9.25. The number of nitrogens with one attached hydrogen (secondary N) is 2. The lowest BCUT2D eigenvalue weighted by Gasteiger charge is -2.27. The highest BCUT2D eigenvalue weighted by atomic mass is 127. The van der Waals surface area contributed by atoms with Crippen molar-refractivity contribution in [2.24, 2.45) is 15.8 Å². The average Bonchev–Trinajstić information content (AvgIpc) is 2.90. The Morgan fingerprint density at radius 1 is 1.26 bits per heavy atom. The number of aliphatic hydroxyl groups excluding tert-OH is 1. The Hall–Kier alpha value is -0.0800. The monoisotopic (exact) mass is 441 g/mol. The first-order chi connectivity index (χ1) is 10.4. The molecular weight excluding hydrogens is 405 g/mol. The van der Waals surface area contributed by atoms with E-state index in [4.69, 9.17) is 4.74 Å². The first-order valence-corrected chi connectivity index (χ1v) is 8.54. The van der Waals surface area contributed by atoms with E-state index in [1.807, 2.05) is 0 Å². The highest BCUT2D eigenvalue weighted by Gasteiger charge is 2.34. The van der Waals surface area contributed by atoms with E-state index in [0.717, 1.165) is 51.5 Å². The first-order valence-electron chi connectivity index (χ1n) is 8.54. The molecule has 1 saturated heterocycles. The van der Waals surface area contributed by atoms with E-state index in [-0.39, 0.29) is 36.0 Å². The van der Waals surface area contributed by atoms with Crippen molar-refractivity contribution in [3.8, 4) is 0 Å². The maximum Gasteiger partial charge on any atom is 0.190 e. The zero-order valence-electron chi connectivity index (χ0n) is 15.3. The second kappa shape index (κ2) is 11.5. The van der Waals surface area contributed by atoms with Crippen LogP contribution in [-0.2, 0) is 4.74 Å². The summed E-state index contributed by atoms with van der Waals surface area (Å²) in [5.74, 6) is 0.847. The third kappa shape index (κ3) is 9.72. The topological polar surface area (TPSA) is 65.9 Å². The summed E-state index contributed by atoms with van der Waals surface area (Å²) in [5.41, 5.74) is 0.470. The van der Waals surface area contributed by atoms with Crippen molar-refractivity contribution >= 4 is 29.9 Å². The molecule has 23 heavy (non-hydrogen) atoms. The van der Waals surface area contributed by atoms with Crippen LogP contribution in [0.15, 0.2) is 4.99 Å². The van der Waals surface area contributed by atoms with Crippen LogP contribution in [-0.4, -0.2) is 51.0 Å². The van der Waals surface area contributed by atoms with Crippen molar-refractivity contribution in [3.05, 3.63) is 0 Å². The van der Waals surface area contributed by atoms with Gasteiger partial charge in [-0.2, -0.15) is 0 Å². The van der Waals surface area contributed by atoms with Gasteiger partial charge in [-0.25, -0.2) is 0 Å². The Morgan fingerprint density at radius 3 is 2.52 bits per heavy atom. The van der Waals surface area contributed by atoms with Crippen LogP contribution in [0, 0.1) is 10.8 Å². The van der Waals surface area contributed by atoms with E-state index >= 15 is 0 Å². The summed E-state index contributed by atoms with van der Waals surface area (Å²) in [6.07, 6.45) is 5.42. The number of aliphatic imine (C=N–C) groups is 1. The van der Waals surface area contributed by atoms with Gasteiger partial charge < -0.3 is 20.5 Å². The molecule has 6 heteroatoms. The molecule has 1 atom stereocenters.